The number of amides is 1. The van der Waals surface area contributed by atoms with Crippen molar-refractivity contribution in [1.82, 2.24) is 0 Å². The van der Waals surface area contributed by atoms with Crippen molar-refractivity contribution in [2.75, 3.05) is 18.5 Å². The molecule has 1 aliphatic heterocycles. The first-order chi connectivity index (χ1) is 8.16. The summed E-state index contributed by atoms with van der Waals surface area (Å²) in [5.74, 6) is -0.0958. The second-order valence-electron chi connectivity index (χ2n) is 3.61. The molecule has 0 saturated heterocycles. The predicted molar refractivity (Wildman–Crippen MR) is 67.5 cm³/mol. The van der Waals surface area contributed by atoms with Crippen LogP contribution < -0.4 is 5.32 Å². The minimum absolute atomic E-state index is 0.204. The summed E-state index contributed by atoms with van der Waals surface area (Å²) in [4.78, 5) is 11.8. The first-order valence-corrected chi connectivity index (χ1v) is 5.98. The van der Waals surface area contributed by atoms with Crippen molar-refractivity contribution in [3.63, 3.8) is 0 Å². The monoisotopic (exact) mass is 297 g/mol. The molecule has 1 amide bonds. The molecule has 1 aromatic carbocycles. The number of aryl methyl sites for hydroxylation is 1. The zero-order valence-corrected chi connectivity index (χ0v) is 10.9. The Morgan fingerprint density at radius 1 is 1.41 bits per heavy atom. The van der Waals surface area contributed by atoms with Gasteiger partial charge in [-0.1, -0.05) is 22.0 Å². The number of rotatable bonds is 2. The molecule has 0 aromatic heterocycles. The molecule has 0 radical (unpaired) electrons. The van der Waals surface area contributed by atoms with Crippen LogP contribution in [0.15, 0.2) is 34.7 Å². The molecule has 0 unspecified atom stereocenters. The molecular weight excluding hydrogens is 286 g/mol. The number of anilines is 1. The molecule has 2 rings (SSSR count). The van der Waals surface area contributed by atoms with Crippen molar-refractivity contribution >= 4 is 27.5 Å². The fraction of sp³-hybridized carbons (Fsp3) is 0.250. The Kier molecular flexibility index (Phi) is 3.68. The highest BCUT2D eigenvalue weighted by Gasteiger charge is 2.15. The molecule has 1 N–H and O–H groups in total. The summed E-state index contributed by atoms with van der Waals surface area (Å²) < 4.78 is 11.1. The van der Waals surface area contributed by atoms with Gasteiger partial charge in [0.15, 0.2) is 0 Å². The Hall–Kier alpha value is -1.49. The quantitative estimate of drug-likeness (QED) is 0.913. The minimum atomic E-state index is -0.300. The lowest BCUT2D eigenvalue weighted by molar-refractivity contribution is -0.117. The van der Waals surface area contributed by atoms with Crippen LogP contribution in [0.25, 0.3) is 0 Å². The zero-order valence-electron chi connectivity index (χ0n) is 9.33. The Morgan fingerprint density at radius 3 is 2.94 bits per heavy atom. The molecule has 0 aliphatic carbocycles. The van der Waals surface area contributed by atoms with Crippen LogP contribution in [-0.2, 0) is 14.3 Å². The summed E-state index contributed by atoms with van der Waals surface area (Å²) in [5, 5.41) is 2.78. The van der Waals surface area contributed by atoms with Gasteiger partial charge in [0, 0.05) is 10.2 Å². The molecule has 0 fully saturated rings. The van der Waals surface area contributed by atoms with Gasteiger partial charge in [-0.05, 0) is 24.6 Å². The average molecular weight is 298 g/mol. The van der Waals surface area contributed by atoms with Gasteiger partial charge in [0.1, 0.15) is 19.5 Å². The van der Waals surface area contributed by atoms with Gasteiger partial charge >= 0.3 is 0 Å². The van der Waals surface area contributed by atoms with Gasteiger partial charge in [-0.2, -0.15) is 0 Å². The Labute approximate surface area is 108 Å². The molecule has 17 heavy (non-hydrogen) atoms. The molecule has 5 heteroatoms. The number of carbonyl (C=O) groups excluding carboxylic acids is 1. The molecular formula is C12H12BrNO3. The maximum Gasteiger partial charge on any atom is 0.294 e. The fourth-order valence-corrected chi connectivity index (χ4v) is 1.76. The maximum absolute atomic E-state index is 11.8. The van der Waals surface area contributed by atoms with E-state index >= 15 is 0 Å². The van der Waals surface area contributed by atoms with E-state index in [0.29, 0.717) is 13.2 Å². The largest absolute Gasteiger partial charge is 0.494 e. The molecule has 0 spiro atoms. The second kappa shape index (κ2) is 5.23. The molecule has 1 aromatic rings. The number of hydrogen-bond donors (Lipinski definition) is 1. The number of nitrogens with one attached hydrogen (secondary N) is 1. The van der Waals surface area contributed by atoms with Crippen LogP contribution in [0, 0.1) is 6.92 Å². The van der Waals surface area contributed by atoms with E-state index < -0.39 is 0 Å². The SMILES string of the molecule is Cc1ccc(Br)cc1NC(=O)C1=COCCO1. The zero-order chi connectivity index (χ0) is 12.3. The van der Waals surface area contributed by atoms with Gasteiger partial charge in [-0.15, -0.1) is 0 Å². The summed E-state index contributed by atoms with van der Waals surface area (Å²) in [5.41, 5.74) is 1.73. The first kappa shape index (κ1) is 12.0. The Morgan fingerprint density at radius 2 is 2.24 bits per heavy atom. The van der Waals surface area contributed by atoms with Crippen LogP contribution in [0.3, 0.4) is 0 Å². The van der Waals surface area contributed by atoms with Gasteiger partial charge in [0.05, 0.1) is 0 Å². The average Bonchev–Trinajstić information content (AvgIpc) is 2.35. The predicted octanol–water partition coefficient (Wildman–Crippen LogP) is 2.58. The summed E-state index contributed by atoms with van der Waals surface area (Å²) >= 11 is 3.36. The summed E-state index contributed by atoms with van der Waals surface area (Å²) in [7, 11) is 0. The molecule has 4 nitrogen and oxygen atoms in total. The van der Waals surface area contributed by atoms with E-state index in [2.05, 4.69) is 21.2 Å². The molecule has 0 bridgehead atoms. The maximum atomic E-state index is 11.8. The van der Waals surface area contributed by atoms with Gasteiger partial charge < -0.3 is 14.8 Å². The van der Waals surface area contributed by atoms with Gasteiger partial charge in [-0.25, -0.2) is 0 Å². The lowest BCUT2D eigenvalue weighted by Crippen LogP contribution is -2.21. The van der Waals surface area contributed by atoms with Crippen LogP contribution in [0.1, 0.15) is 5.56 Å². The number of hydrogen-bond acceptors (Lipinski definition) is 3. The molecule has 1 aliphatic rings. The van der Waals surface area contributed by atoms with Crippen LogP contribution in [0.2, 0.25) is 0 Å². The van der Waals surface area contributed by atoms with Crippen molar-refractivity contribution in [1.29, 1.82) is 0 Å². The molecule has 1 heterocycles. The standard InChI is InChI=1S/C12H12BrNO3/c1-8-2-3-9(13)6-10(8)14-12(15)11-7-16-4-5-17-11/h2-3,6-7H,4-5H2,1H3,(H,14,15). The third kappa shape index (κ3) is 3.00. The Bertz CT molecular complexity index is 471. The first-order valence-electron chi connectivity index (χ1n) is 5.19. The highest BCUT2D eigenvalue weighted by molar-refractivity contribution is 9.10. The van der Waals surface area contributed by atoms with Gasteiger partial charge in [0.2, 0.25) is 5.76 Å². The van der Waals surface area contributed by atoms with Crippen molar-refractivity contribution < 1.29 is 14.3 Å². The van der Waals surface area contributed by atoms with Crippen molar-refractivity contribution in [2.45, 2.75) is 6.92 Å². The van der Waals surface area contributed by atoms with Crippen LogP contribution in [0.4, 0.5) is 5.69 Å². The van der Waals surface area contributed by atoms with E-state index in [0.717, 1.165) is 15.7 Å². The third-order valence-corrected chi connectivity index (χ3v) is 2.81. The van der Waals surface area contributed by atoms with Crippen molar-refractivity contribution in [2.24, 2.45) is 0 Å². The number of ether oxygens (including phenoxy) is 2. The molecule has 0 saturated carbocycles. The van der Waals surface area contributed by atoms with Gasteiger partial charge in [0.25, 0.3) is 5.91 Å². The highest BCUT2D eigenvalue weighted by Crippen LogP contribution is 2.21. The fourth-order valence-electron chi connectivity index (χ4n) is 1.40. The second-order valence-corrected chi connectivity index (χ2v) is 4.53. The smallest absolute Gasteiger partial charge is 0.294 e. The number of halogens is 1. The van der Waals surface area contributed by atoms with Crippen LogP contribution in [0.5, 0.6) is 0 Å². The normalized spacial score (nSPS) is 14.4. The van der Waals surface area contributed by atoms with E-state index in [1.54, 1.807) is 0 Å². The van der Waals surface area contributed by atoms with Crippen LogP contribution in [-0.4, -0.2) is 19.1 Å². The summed E-state index contributed by atoms with van der Waals surface area (Å²) in [6.07, 6.45) is 1.34. The highest BCUT2D eigenvalue weighted by atomic mass is 79.9. The topological polar surface area (TPSA) is 47.6 Å². The van der Waals surface area contributed by atoms with Crippen molar-refractivity contribution in [3.8, 4) is 0 Å². The van der Waals surface area contributed by atoms with Gasteiger partial charge in [-0.3, -0.25) is 4.79 Å². The Balaban J connectivity index is 2.12. The number of carbonyl (C=O) groups is 1. The molecule has 0 atom stereocenters. The molecule has 90 valence electrons. The third-order valence-electron chi connectivity index (χ3n) is 2.32. The van der Waals surface area contributed by atoms with E-state index in [1.807, 2.05) is 25.1 Å². The van der Waals surface area contributed by atoms with Crippen molar-refractivity contribution in [3.05, 3.63) is 40.3 Å². The van der Waals surface area contributed by atoms with Crippen LogP contribution >= 0.6 is 15.9 Å². The van der Waals surface area contributed by atoms with E-state index in [1.165, 1.54) is 6.26 Å². The van der Waals surface area contributed by atoms with E-state index in [4.69, 9.17) is 9.47 Å². The van der Waals surface area contributed by atoms with E-state index in [-0.39, 0.29) is 11.7 Å². The number of benzene rings is 1. The summed E-state index contributed by atoms with van der Waals surface area (Å²) in [6, 6.07) is 5.69. The summed E-state index contributed by atoms with van der Waals surface area (Å²) in [6.45, 7) is 2.80. The lowest BCUT2D eigenvalue weighted by atomic mass is 10.2. The lowest BCUT2D eigenvalue weighted by Gasteiger charge is -2.15. The van der Waals surface area contributed by atoms with E-state index in [9.17, 15) is 4.79 Å². The minimum Gasteiger partial charge on any atom is -0.494 e.